The van der Waals surface area contributed by atoms with Crippen molar-refractivity contribution in [2.24, 2.45) is 0 Å². The van der Waals surface area contributed by atoms with Crippen LogP contribution in [0.1, 0.15) is 17.7 Å². The number of hydrogen-bond donors (Lipinski definition) is 1. The number of alkyl halides is 3. The number of piperazine rings is 1. The normalized spacial score (nSPS) is 16.3. The Balaban J connectivity index is 1.22. The van der Waals surface area contributed by atoms with Crippen molar-refractivity contribution in [3.05, 3.63) is 64.9 Å². The summed E-state index contributed by atoms with van der Waals surface area (Å²) >= 11 is 1.15. The number of sulfonamides is 1. The third-order valence-corrected chi connectivity index (χ3v) is 8.60. The molecule has 14 heteroatoms. The first-order chi connectivity index (χ1) is 18.0. The van der Waals surface area contributed by atoms with Crippen LogP contribution in [0.15, 0.2) is 58.6 Å². The lowest BCUT2D eigenvalue weighted by Crippen LogP contribution is -2.53. The van der Waals surface area contributed by atoms with Gasteiger partial charge in [0.05, 0.1) is 4.90 Å². The van der Waals surface area contributed by atoms with Gasteiger partial charge in [0.15, 0.2) is 5.13 Å². The van der Waals surface area contributed by atoms with Crippen LogP contribution in [0.25, 0.3) is 6.08 Å². The van der Waals surface area contributed by atoms with Gasteiger partial charge in [-0.3, -0.25) is 14.3 Å². The lowest BCUT2D eigenvalue weighted by Gasteiger charge is -2.34. The van der Waals surface area contributed by atoms with Gasteiger partial charge in [0.25, 0.3) is 10.0 Å². The first kappa shape index (κ1) is 26.0. The zero-order valence-corrected chi connectivity index (χ0v) is 21.4. The summed E-state index contributed by atoms with van der Waals surface area (Å²) in [6.45, 7) is 0.0414. The van der Waals surface area contributed by atoms with Crippen molar-refractivity contribution in [1.82, 2.24) is 14.5 Å². The number of carbonyl (C=O) groups is 2. The van der Waals surface area contributed by atoms with Gasteiger partial charge in [0, 0.05) is 47.8 Å². The Morgan fingerprint density at radius 1 is 1.11 bits per heavy atom. The van der Waals surface area contributed by atoms with Gasteiger partial charge in [-0.2, -0.15) is 13.2 Å². The van der Waals surface area contributed by atoms with Crippen LogP contribution in [0, 0.1) is 0 Å². The molecular weight excluding hydrogens is 543 g/mol. The van der Waals surface area contributed by atoms with Gasteiger partial charge in [-0.1, -0.05) is 0 Å². The molecule has 2 aliphatic rings. The average molecular weight is 566 g/mol. The van der Waals surface area contributed by atoms with Gasteiger partial charge in [-0.05, 0) is 54.8 Å². The van der Waals surface area contributed by atoms with Gasteiger partial charge < -0.3 is 14.4 Å². The van der Waals surface area contributed by atoms with Crippen LogP contribution in [0.5, 0.6) is 0 Å². The maximum Gasteiger partial charge on any atom is 0.412 e. The van der Waals surface area contributed by atoms with Crippen LogP contribution in [0.3, 0.4) is 0 Å². The van der Waals surface area contributed by atoms with Crippen molar-refractivity contribution in [2.75, 3.05) is 29.3 Å². The molecule has 0 atom stereocenters. The molecule has 2 amide bonds. The van der Waals surface area contributed by atoms with Crippen molar-refractivity contribution in [2.45, 2.75) is 30.5 Å². The van der Waals surface area contributed by atoms with Gasteiger partial charge in [-0.25, -0.2) is 13.4 Å². The highest BCUT2D eigenvalue weighted by Gasteiger charge is 2.35. The quantitative estimate of drug-likeness (QED) is 0.493. The molecule has 5 rings (SSSR count). The van der Waals surface area contributed by atoms with E-state index in [4.69, 9.17) is 0 Å². The average Bonchev–Trinajstić information content (AvgIpc) is 3.53. The summed E-state index contributed by atoms with van der Waals surface area (Å²) in [4.78, 5) is 32.5. The maximum absolute atomic E-state index is 13.2. The van der Waals surface area contributed by atoms with Crippen molar-refractivity contribution in [1.29, 1.82) is 0 Å². The van der Waals surface area contributed by atoms with E-state index in [9.17, 15) is 31.2 Å². The molecule has 1 aliphatic carbocycles. The van der Waals surface area contributed by atoms with Crippen LogP contribution in [-0.4, -0.2) is 60.5 Å². The first-order valence-corrected chi connectivity index (χ1v) is 13.9. The number of rotatable bonds is 6. The number of halogens is 3. The summed E-state index contributed by atoms with van der Waals surface area (Å²) < 4.78 is 68.4. The number of thiazole rings is 1. The number of aryl methyl sites for hydroxylation is 1. The summed E-state index contributed by atoms with van der Waals surface area (Å²) in [6.07, 6.45) is -0.102. The van der Waals surface area contributed by atoms with Crippen molar-refractivity contribution in [3.8, 4) is 0 Å². The van der Waals surface area contributed by atoms with E-state index in [-0.39, 0.29) is 60.9 Å². The van der Waals surface area contributed by atoms with Gasteiger partial charge >= 0.3 is 6.18 Å². The molecule has 0 spiro atoms. The number of anilines is 2. The van der Waals surface area contributed by atoms with E-state index in [1.54, 1.807) is 17.6 Å². The molecule has 0 saturated carbocycles. The Bertz CT molecular complexity index is 1500. The molecule has 38 heavy (non-hydrogen) atoms. The monoisotopic (exact) mass is 565 g/mol. The molecule has 0 bridgehead atoms. The molecule has 0 radical (unpaired) electrons. The topological polar surface area (TPSA) is 105 Å². The third-order valence-electron chi connectivity index (χ3n) is 6.42. The summed E-state index contributed by atoms with van der Waals surface area (Å²) in [5.41, 5.74) is 0.971. The molecule has 1 N–H and O–H groups in total. The largest absolute Gasteiger partial charge is 0.412 e. The smallest absolute Gasteiger partial charge is 0.338 e. The minimum absolute atomic E-state index is 0.00972. The standard InChI is InChI=1S/C24H22F3N5O4S2/c25-24(26,27)17-2-1-16-7-9-30(20(16)13-17)14-21(33)31-10-11-32(22(34)15-31)18-3-5-19(6-4-18)38(35,36)29-23-28-8-12-37-23/h3-9,12-13H,1-2,10-11,14-15H2,(H,28,29). The Morgan fingerprint density at radius 3 is 2.53 bits per heavy atom. The fourth-order valence-electron chi connectivity index (χ4n) is 4.44. The fraction of sp³-hybridized carbons (Fsp3) is 0.292. The SMILES string of the molecule is O=C(Cn1ccc2c1C=C(C(F)(F)F)CC2)N1CCN(c2ccc(S(=O)(=O)Nc3nccs3)cc2)C(=O)C1. The highest BCUT2D eigenvalue weighted by Crippen LogP contribution is 2.35. The summed E-state index contributed by atoms with van der Waals surface area (Å²) in [5, 5.41) is 1.88. The highest BCUT2D eigenvalue weighted by molar-refractivity contribution is 7.93. The predicted octanol–water partition coefficient (Wildman–Crippen LogP) is 3.51. The lowest BCUT2D eigenvalue weighted by atomic mass is 9.97. The Morgan fingerprint density at radius 2 is 1.87 bits per heavy atom. The van der Waals surface area contributed by atoms with Gasteiger partial charge in [-0.15, -0.1) is 11.3 Å². The number of fused-ring (bicyclic) bond motifs is 1. The molecule has 1 aliphatic heterocycles. The molecule has 0 unspecified atom stereocenters. The second-order valence-electron chi connectivity index (χ2n) is 8.82. The number of nitrogens with zero attached hydrogens (tertiary/aromatic N) is 4. The summed E-state index contributed by atoms with van der Waals surface area (Å²) in [5.74, 6) is -0.728. The van der Waals surface area contributed by atoms with E-state index in [2.05, 4.69) is 9.71 Å². The summed E-state index contributed by atoms with van der Waals surface area (Å²) in [7, 11) is -3.83. The number of amides is 2. The van der Waals surface area contributed by atoms with Crippen LogP contribution in [-0.2, 0) is 32.6 Å². The van der Waals surface area contributed by atoms with E-state index in [1.165, 1.54) is 44.8 Å². The van der Waals surface area contributed by atoms with E-state index >= 15 is 0 Å². The van der Waals surface area contributed by atoms with Crippen molar-refractivity contribution in [3.63, 3.8) is 0 Å². The summed E-state index contributed by atoms with van der Waals surface area (Å²) in [6, 6.07) is 7.51. The van der Waals surface area contributed by atoms with Crippen LogP contribution >= 0.6 is 11.3 Å². The fourth-order valence-corrected chi connectivity index (χ4v) is 6.23. The molecule has 2 aromatic heterocycles. The number of hydrogen-bond acceptors (Lipinski definition) is 6. The Hall–Kier alpha value is -3.65. The number of nitrogens with one attached hydrogen (secondary N) is 1. The zero-order chi connectivity index (χ0) is 27.1. The first-order valence-electron chi connectivity index (χ1n) is 11.6. The van der Waals surface area contributed by atoms with Crippen LogP contribution in [0.4, 0.5) is 24.0 Å². The van der Waals surface area contributed by atoms with E-state index in [0.29, 0.717) is 11.4 Å². The van der Waals surface area contributed by atoms with E-state index < -0.39 is 21.8 Å². The molecule has 1 aromatic carbocycles. The number of aromatic nitrogens is 2. The molecule has 3 aromatic rings. The molecule has 200 valence electrons. The second-order valence-corrected chi connectivity index (χ2v) is 11.4. The van der Waals surface area contributed by atoms with E-state index in [1.807, 2.05) is 0 Å². The van der Waals surface area contributed by atoms with E-state index in [0.717, 1.165) is 23.0 Å². The number of carbonyl (C=O) groups excluding carboxylic acids is 2. The Kier molecular flexibility index (Phi) is 6.77. The van der Waals surface area contributed by atoms with Crippen LogP contribution < -0.4 is 9.62 Å². The molecule has 1 saturated heterocycles. The molecule has 3 heterocycles. The number of allylic oxidation sites excluding steroid dienone is 1. The highest BCUT2D eigenvalue weighted by atomic mass is 32.2. The minimum Gasteiger partial charge on any atom is -0.338 e. The lowest BCUT2D eigenvalue weighted by molar-refractivity contribution is -0.137. The Labute approximate surface area is 220 Å². The zero-order valence-electron chi connectivity index (χ0n) is 19.8. The van der Waals surface area contributed by atoms with Gasteiger partial charge in [0.2, 0.25) is 11.8 Å². The second kappa shape index (κ2) is 9.91. The van der Waals surface area contributed by atoms with Crippen LogP contribution in [0.2, 0.25) is 0 Å². The van der Waals surface area contributed by atoms with Crippen molar-refractivity contribution < 1.29 is 31.2 Å². The molecule has 9 nitrogen and oxygen atoms in total. The number of benzene rings is 1. The molecule has 1 fully saturated rings. The maximum atomic E-state index is 13.2. The van der Waals surface area contributed by atoms with Gasteiger partial charge in [0.1, 0.15) is 13.1 Å². The minimum atomic E-state index is -4.42. The van der Waals surface area contributed by atoms with Crippen molar-refractivity contribution >= 4 is 50.1 Å². The third kappa shape index (κ3) is 5.31. The molecular formula is C24H22F3N5O4S2. The predicted molar refractivity (Wildman–Crippen MR) is 135 cm³/mol.